The number of carbonyl (C=O) groups is 2. The molecule has 1 aliphatic heterocycles. The number of nitrogens with zero attached hydrogens (tertiary/aromatic N) is 1. The summed E-state index contributed by atoms with van der Waals surface area (Å²) >= 11 is 0. The van der Waals surface area contributed by atoms with Crippen molar-refractivity contribution in [2.45, 2.75) is 19.3 Å². The average molecular weight is 309 g/mol. The standard InChI is InChI=1S/C16H17F2NO3/c17-13-3-1-2-10(15(13)18)6-14(20)19-7-11(9-4-5-9)12(8-19)16(21)22/h1-3,9,11-12H,4-8H2,(H,21,22)/t11-,12+/m1/s1. The van der Waals surface area contributed by atoms with Gasteiger partial charge in [-0.15, -0.1) is 0 Å². The van der Waals surface area contributed by atoms with Gasteiger partial charge < -0.3 is 10.0 Å². The van der Waals surface area contributed by atoms with Crippen LogP contribution in [0.3, 0.4) is 0 Å². The minimum Gasteiger partial charge on any atom is -0.481 e. The van der Waals surface area contributed by atoms with E-state index in [1.807, 2.05) is 0 Å². The van der Waals surface area contributed by atoms with Crippen LogP contribution in [0.25, 0.3) is 0 Å². The third kappa shape index (κ3) is 2.82. The third-order valence-electron chi connectivity index (χ3n) is 4.64. The molecule has 4 nitrogen and oxygen atoms in total. The molecule has 0 spiro atoms. The number of carboxylic acids is 1. The van der Waals surface area contributed by atoms with Crippen LogP contribution in [0.15, 0.2) is 18.2 Å². The summed E-state index contributed by atoms with van der Waals surface area (Å²) in [5.41, 5.74) is 0.00625. The maximum Gasteiger partial charge on any atom is 0.308 e. The second-order valence-electron chi connectivity index (χ2n) is 6.13. The van der Waals surface area contributed by atoms with Crippen molar-refractivity contribution in [2.75, 3.05) is 13.1 Å². The van der Waals surface area contributed by atoms with Crippen molar-refractivity contribution in [3.05, 3.63) is 35.4 Å². The highest BCUT2D eigenvalue weighted by Crippen LogP contribution is 2.44. The monoisotopic (exact) mass is 309 g/mol. The molecule has 22 heavy (non-hydrogen) atoms. The lowest BCUT2D eigenvalue weighted by atomic mass is 9.92. The topological polar surface area (TPSA) is 57.6 Å². The zero-order valence-electron chi connectivity index (χ0n) is 12.0. The molecular formula is C16H17F2NO3. The smallest absolute Gasteiger partial charge is 0.308 e. The molecule has 2 aliphatic rings. The lowest BCUT2D eigenvalue weighted by molar-refractivity contribution is -0.142. The molecule has 1 heterocycles. The Morgan fingerprint density at radius 1 is 1.23 bits per heavy atom. The summed E-state index contributed by atoms with van der Waals surface area (Å²) in [4.78, 5) is 25.1. The zero-order chi connectivity index (χ0) is 15.9. The molecule has 1 amide bonds. The Kier molecular flexibility index (Phi) is 3.85. The van der Waals surface area contributed by atoms with Gasteiger partial charge in [0.1, 0.15) is 0 Å². The van der Waals surface area contributed by atoms with E-state index in [9.17, 15) is 23.5 Å². The Morgan fingerprint density at radius 2 is 1.95 bits per heavy atom. The Labute approximate surface area is 126 Å². The maximum absolute atomic E-state index is 13.6. The minimum atomic E-state index is -1.01. The second-order valence-corrected chi connectivity index (χ2v) is 6.13. The van der Waals surface area contributed by atoms with Crippen molar-refractivity contribution < 1.29 is 23.5 Å². The lowest BCUT2D eigenvalue weighted by Crippen LogP contribution is -2.31. The summed E-state index contributed by atoms with van der Waals surface area (Å²) < 4.78 is 26.8. The third-order valence-corrected chi connectivity index (χ3v) is 4.64. The van der Waals surface area contributed by atoms with Crippen LogP contribution in [-0.2, 0) is 16.0 Å². The van der Waals surface area contributed by atoms with Gasteiger partial charge in [0.05, 0.1) is 12.3 Å². The molecule has 1 N–H and O–H groups in total. The van der Waals surface area contributed by atoms with Gasteiger partial charge in [-0.1, -0.05) is 12.1 Å². The first-order valence-electron chi connectivity index (χ1n) is 7.41. The van der Waals surface area contributed by atoms with Crippen molar-refractivity contribution >= 4 is 11.9 Å². The number of benzene rings is 1. The number of halogens is 2. The summed E-state index contributed by atoms with van der Waals surface area (Å²) in [6.45, 7) is 0.559. The van der Waals surface area contributed by atoms with Crippen LogP contribution in [0.1, 0.15) is 18.4 Å². The van der Waals surface area contributed by atoms with Crippen molar-refractivity contribution in [1.82, 2.24) is 4.90 Å². The molecule has 118 valence electrons. The van der Waals surface area contributed by atoms with E-state index in [1.165, 1.54) is 17.0 Å². The lowest BCUT2D eigenvalue weighted by Gasteiger charge is -2.16. The van der Waals surface area contributed by atoms with E-state index in [-0.39, 0.29) is 30.4 Å². The zero-order valence-corrected chi connectivity index (χ0v) is 12.0. The van der Waals surface area contributed by atoms with Gasteiger partial charge in [0.15, 0.2) is 11.6 Å². The summed E-state index contributed by atoms with van der Waals surface area (Å²) in [6, 6.07) is 3.74. The highest BCUT2D eigenvalue weighted by molar-refractivity contribution is 5.81. The summed E-state index contributed by atoms with van der Waals surface area (Å²) in [7, 11) is 0. The van der Waals surface area contributed by atoms with Gasteiger partial charge in [0, 0.05) is 18.7 Å². The first-order valence-corrected chi connectivity index (χ1v) is 7.41. The molecule has 1 saturated carbocycles. The quantitative estimate of drug-likeness (QED) is 0.926. The van der Waals surface area contributed by atoms with Gasteiger partial charge in [-0.05, 0) is 30.7 Å². The summed E-state index contributed by atoms with van der Waals surface area (Å²) in [5.74, 6) is -3.41. The van der Waals surface area contributed by atoms with E-state index < -0.39 is 23.5 Å². The Morgan fingerprint density at radius 3 is 2.59 bits per heavy atom. The number of likely N-dealkylation sites (tertiary alicyclic amines) is 1. The molecule has 0 aromatic heterocycles. The largest absolute Gasteiger partial charge is 0.481 e. The predicted octanol–water partition coefficient (Wildman–Crippen LogP) is 2.08. The van der Waals surface area contributed by atoms with Crippen LogP contribution in [0.4, 0.5) is 8.78 Å². The molecule has 0 radical (unpaired) electrons. The molecule has 0 unspecified atom stereocenters. The molecule has 6 heteroatoms. The number of amides is 1. The van der Waals surface area contributed by atoms with Crippen molar-refractivity contribution in [2.24, 2.45) is 17.8 Å². The fourth-order valence-electron chi connectivity index (χ4n) is 3.26. The van der Waals surface area contributed by atoms with E-state index >= 15 is 0 Å². The van der Waals surface area contributed by atoms with E-state index in [2.05, 4.69) is 0 Å². The van der Waals surface area contributed by atoms with Crippen molar-refractivity contribution in [1.29, 1.82) is 0 Å². The first-order chi connectivity index (χ1) is 10.5. The van der Waals surface area contributed by atoms with Crippen molar-refractivity contribution in [3.8, 4) is 0 Å². The van der Waals surface area contributed by atoms with Crippen molar-refractivity contribution in [3.63, 3.8) is 0 Å². The molecule has 3 rings (SSSR count). The Bertz CT molecular complexity index is 615. The molecule has 0 bridgehead atoms. The van der Waals surface area contributed by atoms with Gasteiger partial charge in [0.25, 0.3) is 0 Å². The van der Waals surface area contributed by atoms with Crippen LogP contribution < -0.4 is 0 Å². The van der Waals surface area contributed by atoms with E-state index in [4.69, 9.17) is 0 Å². The molecule has 2 atom stereocenters. The summed E-state index contributed by atoms with van der Waals surface area (Å²) in [6.07, 6.45) is 1.78. The van der Waals surface area contributed by atoms with Gasteiger partial charge in [-0.2, -0.15) is 0 Å². The summed E-state index contributed by atoms with van der Waals surface area (Å²) in [5, 5.41) is 9.28. The van der Waals surface area contributed by atoms with E-state index in [0.717, 1.165) is 18.9 Å². The van der Waals surface area contributed by atoms with E-state index in [0.29, 0.717) is 12.5 Å². The molecule has 1 aromatic rings. The van der Waals surface area contributed by atoms with E-state index in [1.54, 1.807) is 0 Å². The Hall–Kier alpha value is -1.98. The average Bonchev–Trinajstić information content (AvgIpc) is 3.22. The second kappa shape index (κ2) is 5.66. The number of aliphatic carboxylic acids is 1. The minimum absolute atomic E-state index is 0.00625. The molecule has 1 saturated heterocycles. The fraction of sp³-hybridized carbons (Fsp3) is 0.500. The highest BCUT2D eigenvalue weighted by Gasteiger charge is 2.46. The van der Waals surface area contributed by atoms with Gasteiger partial charge in [-0.25, -0.2) is 8.78 Å². The molecular weight excluding hydrogens is 292 g/mol. The number of hydrogen-bond donors (Lipinski definition) is 1. The normalized spacial score (nSPS) is 24.5. The van der Waals surface area contributed by atoms with Crippen LogP contribution in [0.5, 0.6) is 0 Å². The molecule has 1 aromatic carbocycles. The van der Waals surface area contributed by atoms with Crippen LogP contribution in [-0.4, -0.2) is 35.0 Å². The first kappa shape index (κ1) is 14.9. The number of rotatable bonds is 4. The molecule has 1 aliphatic carbocycles. The van der Waals surface area contributed by atoms with Crippen LogP contribution in [0, 0.1) is 29.4 Å². The van der Waals surface area contributed by atoms with Gasteiger partial charge in [0.2, 0.25) is 5.91 Å². The number of carbonyl (C=O) groups excluding carboxylic acids is 1. The predicted molar refractivity (Wildman–Crippen MR) is 74.0 cm³/mol. The SMILES string of the molecule is O=C(O)[C@H]1CN(C(=O)Cc2cccc(F)c2F)C[C@@H]1C1CC1. The Balaban J connectivity index is 1.70. The van der Waals surface area contributed by atoms with Crippen LogP contribution in [0.2, 0.25) is 0 Å². The maximum atomic E-state index is 13.6. The van der Waals surface area contributed by atoms with Gasteiger partial charge >= 0.3 is 5.97 Å². The number of carboxylic acid groups (broad SMARTS) is 1. The fourth-order valence-corrected chi connectivity index (χ4v) is 3.26. The highest BCUT2D eigenvalue weighted by atomic mass is 19.2. The van der Waals surface area contributed by atoms with Crippen LogP contribution >= 0.6 is 0 Å². The molecule has 2 fully saturated rings. The van der Waals surface area contributed by atoms with Gasteiger partial charge in [-0.3, -0.25) is 9.59 Å². The number of hydrogen-bond acceptors (Lipinski definition) is 2.